The summed E-state index contributed by atoms with van der Waals surface area (Å²) in [5, 5.41) is 14.0. The number of rotatable bonds is 3. The summed E-state index contributed by atoms with van der Waals surface area (Å²) in [6.45, 7) is 3.76. The summed E-state index contributed by atoms with van der Waals surface area (Å²) in [6, 6.07) is 4.04. The number of nitrogens with one attached hydrogen (secondary N) is 1. The Morgan fingerprint density at radius 3 is 2.75 bits per heavy atom. The van der Waals surface area contributed by atoms with Crippen molar-refractivity contribution in [1.29, 1.82) is 0 Å². The van der Waals surface area contributed by atoms with E-state index in [9.17, 15) is 18.5 Å². The molecule has 0 bridgehead atoms. The highest BCUT2D eigenvalue weighted by atomic mass is 32.2. The lowest BCUT2D eigenvalue weighted by Crippen LogP contribution is -2.34. The minimum Gasteiger partial charge on any atom is -0.315 e. The molecule has 1 aromatic rings. The first kappa shape index (κ1) is 14.9. The Balaban J connectivity index is 2.38. The first-order valence-electron chi connectivity index (χ1n) is 6.39. The summed E-state index contributed by atoms with van der Waals surface area (Å²) in [5.41, 5.74) is 0.283. The number of hydrogen-bond donors (Lipinski definition) is 1. The molecule has 0 saturated carbocycles. The zero-order chi connectivity index (χ0) is 14.8. The zero-order valence-electron chi connectivity index (χ0n) is 11.2. The van der Waals surface area contributed by atoms with Crippen molar-refractivity contribution in [3.8, 4) is 0 Å². The molecule has 0 atom stereocenters. The van der Waals surface area contributed by atoms with Crippen LogP contribution < -0.4 is 5.32 Å². The summed E-state index contributed by atoms with van der Waals surface area (Å²) < 4.78 is 26.4. The van der Waals surface area contributed by atoms with Crippen molar-refractivity contribution in [2.75, 3.05) is 26.2 Å². The average Bonchev–Trinajstić information content (AvgIpc) is 2.67. The molecule has 110 valence electrons. The second-order valence-electron chi connectivity index (χ2n) is 4.71. The Hall–Kier alpha value is -1.51. The smallest absolute Gasteiger partial charge is 0.273 e. The molecule has 0 aromatic heterocycles. The molecule has 20 heavy (non-hydrogen) atoms. The van der Waals surface area contributed by atoms with Crippen molar-refractivity contribution in [3.63, 3.8) is 0 Å². The van der Waals surface area contributed by atoms with Gasteiger partial charge in [0.15, 0.2) is 0 Å². The third-order valence-corrected chi connectivity index (χ3v) is 5.21. The Labute approximate surface area is 117 Å². The van der Waals surface area contributed by atoms with Gasteiger partial charge in [0.05, 0.1) is 9.82 Å². The van der Waals surface area contributed by atoms with Crippen LogP contribution in [0.15, 0.2) is 23.1 Å². The van der Waals surface area contributed by atoms with Crippen LogP contribution in [0, 0.1) is 17.0 Å². The van der Waals surface area contributed by atoms with Crippen LogP contribution in [0.5, 0.6) is 0 Å². The second-order valence-corrected chi connectivity index (χ2v) is 6.65. The second kappa shape index (κ2) is 5.86. The van der Waals surface area contributed by atoms with Gasteiger partial charge in [-0.05, 0) is 26.0 Å². The first-order valence-corrected chi connectivity index (χ1v) is 7.83. The first-order chi connectivity index (χ1) is 9.43. The molecule has 0 unspecified atom stereocenters. The summed E-state index contributed by atoms with van der Waals surface area (Å²) in [7, 11) is -3.67. The average molecular weight is 299 g/mol. The van der Waals surface area contributed by atoms with Gasteiger partial charge in [0.25, 0.3) is 5.69 Å². The van der Waals surface area contributed by atoms with Crippen LogP contribution in [0.3, 0.4) is 0 Å². The van der Waals surface area contributed by atoms with Gasteiger partial charge in [0.1, 0.15) is 0 Å². The summed E-state index contributed by atoms with van der Waals surface area (Å²) in [4.78, 5) is 10.3. The number of nitro groups is 1. The molecular formula is C12H17N3O4S. The number of hydrogen-bond acceptors (Lipinski definition) is 5. The molecule has 1 aliphatic heterocycles. The molecule has 8 heteroatoms. The molecule has 0 radical (unpaired) electrons. The Kier molecular flexibility index (Phi) is 4.36. The minimum atomic E-state index is -3.67. The molecule has 1 N–H and O–H groups in total. The van der Waals surface area contributed by atoms with Crippen LogP contribution in [0.4, 0.5) is 5.69 Å². The van der Waals surface area contributed by atoms with E-state index in [4.69, 9.17) is 0 Å². The lowest BCUT2D eigenvalue weighted by molar-refractivity contribution is -0.385. The highest BCUT2D eigenvalue weighted by molar-refractivity contribution is 7.89. The predicted molar refractivity (Wildman–Crippen MR) is 74.1 cm³/mol. The monoisotopic (exact) mass is 299 g/mol. The third kappa shape index (κ3) is 2.97. The fourth-order valence-electron chi connectivity index (χ4n) is 2.16. The van der Waals surface area contributed by atoms with Crippen LogP contribution in [0.25, 0.3) is 0 Å². The molecule has 2 rings (SSSR count). The fourth-order valence-corrected chi connectivity index (χ4v) is 3.66. The van der Waals surface area contributed by atoms with Crippen molar-refractivity contribution < 1.29 is 13.3 Å². The number of aryl methyl sites for hydroxylation is 1. The van der Waals surface area contributed by atoms with E-state index in [0.717, 1.165) is 19.0 Å². The van der Waals surface area contributed by atoms with E-state index in [1.807, 2.05) is 0 Å². The van der Waals surface area contributed by atoms with Gasteiger partial charge in [-0.1, -0.05) is 6.07 Å². The van der Waals surface area contributed by atoms with E-state index >= 15 is 0 Å². The van der Waals surface area contributed by atoms with E-state index in [0.29, 0.717) is 25.2 Å². The van der Waals surface area contributed by atoms with Gasteiger partial charge in [-0.25, -0.2) is 8.42 Å². The van der Waals surface area contributed by atoms with Crippen molar-refractivity contribution in [2.24, 2.45) is 0 Å². The van der Waals surface area contributed by atoms with Gasteiger partial charge in [-0.2, -0.15) is 4.31 Å². The summed E-state index contributed by atoms with van der Waals surface area (Å²) in [5.74, 6) is 0. The largest absolute Gasteiger partial charge is 0.315 e. The number of nitro benzene ring substituents is 1. The number of benzene rings is 1. The van der Waals surface area contributed by atoms with Gasteiger partial charge in [-0.3, -0.25) is 10.1 Å². The van der Waals surface area contributed by atoms with Crippen molar-refractivity contribution in [2.45, 2.75) is 18.2 Å². The van der Waals surface area contributed by atoms with Gasteiger partial charge >= 0.3 is 0 Å². The summed E-state index contributed by atoms with van der Waals surface area (Å²) in [6.07, 6.45) is 0.729. The molecule has 0 amide bonds. The predicted octanol–water partition coefficient (Wildman–Crippen LogP) is 0.887. The van der Waals surface area contributed by atoms with Crippen molar-refractivity contribution in [3.05, 3.63) is 33.9 Å². The molecule has 1 heterocycles. The summed E-state index contributed by atoms with van der Waals surface area (Å²) >= 11 is 0. The van der Waals surface area contributed by atoms with Gasteiger partial charge in [0, 0.05) is 31.3 Å². The highest BCUT2D eigenvalue weighted by Crippen LogP contribution is 2.24. The van der Waals surface area contributed by atoms with Crippen LogP contribution in [0.2, 0.25) is 0 Å². The maximum Gasteiger partial charge on any atom is 0.273 e. The third-order valence-electron chi connectivity index (χ3n) is 3.31. The maximum atomic E-state index is 12.5. The SMILES string of the molecule is Cc1ccc(S(=O)(=O)N2CCCNCC2)cc1[N+](=O)[O-]. The van der Waals surface area contributed by atoms with Gasteiger partial charge < -0.3 is 5.32 Å². The molecule has 1 aromatic carbocycles. The maximum absolute atomic E-state index is 12.5. The molecule has 7 nitrogen and oxygen atoms in total. The van der Waals surface area contributed by atoms with E-state index in [1.54, 1.807) is 6.92 Å². The fraction of sp³-hybridized carbons (Fsp3) is 0.500. The molecule has 1 aliphatic rings. The molecular weight excluding hydrogens is 282 g/mol. The van der Waals surface area contributed by atoms with E-state index in [2.05, 4.69) is 5.32 Å². The van der Waals surface area contributed by atoms with Crippen molar-refractivity contribution in [1.82, 2.24) is 9.62 Å². The van der Waals surface area contributed by atoms with E-state index < -0.39 is 14.9 Å². The topological polar surface area (TPSA) is 92.6 Å². The molecule has 0 aliphatic carbocycles. The normalized spacial score (nSPS) is 17.6. The van der Waals surface area contributed by atoms with E-state index in [-0.39, 0.29) is 10.6 Å². The van der Waals surface area contributed by atoms with Crippen LogP contribution >= 0.6 is 0 Å². The van der Waals surface area contributed by atoms with Gasteiger partial charge in [0.2, 0.25) is 10.0 Å². The quantitative estimate of drug-likeness (QED) is 0.661. The molecule has 1 fully saturated rings. The molecule has 1 saturated heterocycles. The van der Waals surface area contributed by atoms with Gasteiger partial charge in [-0.15, -0.1) is 0 Å². The van der Waals surface area contributed by atoms with Crippen LogP contribution in [-0.4, -0.2) is 43.8 Å². The number of sulfonamides is 1. The van der Waals surface area contributed by atoms with Crippen LogP contribution in [-0.2, 0) is 10.0 Å². The highest BCUT2D eigenvalue weighted by Gasteiger charge is 2.27. The Morgan fingerprint density at radius 2 is 2.05 bits per heavy atom. The zero-order valence-corrected chi connectivity index (χ0v) is 12.0. The van der Waals surface area contributed by atoms with E-state index in [1.165, 1.54) is 16.4 Å². The number of nitrogens with zero attached hydrogens (tertiary/aromatic N) is 2. The lowest BCUT2D eigenvalue weighted by Gasteiger charge is -2.19. The standard InChI is InChI=1S/C12H17N3O4S/c1-10-3-4-11(9-12(10)15(16)17)20(18,19)14-7-2-5-13-6-8-14/h3-4,9,13H,2,5-8H2,1H3. The molecule has 0 spiro atoms. The Morgan fingerprint density at radius 1 is 1.30 bits per heavy atom. The Bertz CT molecular complexity index is 607. The van der Waals surface area contributed by atoms with Crippen molar-refractivity contribution >= 4 is 15.7 Å². The lowest BCUT2D eigenvalue weighted by atomic mass is 10.2. The minimum absolute atomic E-state index is 0.0169. The van der Waals surface area contributed by atoms with Crippen LogP contribution in [0.1, 0.15) is 12.0 Å².